The first-order chi connectivity index (χ1) is 21.5. The average Bonchev–Trinajstić information content (AvgIpc) is 3.76. The van der Waals surface area contributed by atoms with E-state index < -0.39 is 12.1 Å². The standard InChI is InChI=1S/C35H39N3O6/c39-32(37-22-8-16-30(37)34(41)43-24-26-10-3-1-4-11-26)20-18-28-14-7-15-29(36-28)19-21-33(40)38-23-9-17-31(38)35(42)44-25-27-12-5-2-6-13-27/h1-7,10-15,30-31H,8-9,16-25H2/t30-,31-/m1/s1. The zero-order chi connectivity index (χ0) is 30.7. The van der Waals surface area contributed by atoms with Gasteiger partial charge in [0.15, 0.2) is 0 Å². The molecule has 3 aromatic rings. The fourth-order valence-electron chi connectivity index (χ4n) is 5.84. The van der Waals surface area contributed by atoms with Gasteiger partial charge in [-0.05, 0) is 61.8 Å². The second-order valence-electron chi connectivity index (χ2n) is 11.3. The first-order valence-electron chi connectivity index (χ1n) is 15.4. The Morgan fingerprint density at radius 3 is 1.48 bits per heavy atom. The van der Waals surface area contributed by atoms with Gasteiger partial charge >= 0.3 is 11.9 Å². The topological polar surface area (TPSA) is 106 Å². The van der Waals surface area contributed by atoms with Crippen LogP contribution in [0.25, 0.3) is 0 Å². The lowest BCUT2D eigenvalue weighted by Gasteiger charge is -2.23. The molecule has 0 spiro atoms. The molecule has 5 rings (SSSR count). The van der Waals surface area contributed by atoms with Crippen LogP contribution in [0.4, 0.5) is 0 Å². The van der Waals surface area contributed by atoms with Crippen LogP contribution < -0.4 is 0 Å². The molecule has 2 atom stereocenters. The largest absolute Gasteiger partial charge is 0.459 e. The van der Waals surface area contributed by atoms with E-state index in [-0.39, 0.29) is 49.8 Å². The molecule has 2 aliphatic heterocycles. The molecule has 0 radical (unpaired) electrons. The maximum absolute atomic E-state index is 13.1. The summed E-state index contributed by atoms with van der Waals surface area (Å²) in [4.78, 5) is 59.6. The van der Waals surface area contributed by atoms with E-state index in [1.807, 2.05) is 78.9 Å². The summed E-state index contributed by atoms with van der Waals surface area (Å²) < 4.78 is 11.0. The summed E-state index contributed by atoms with van der Waals surface area (Å²) in [5, 5.41) is 0. The highest BCUT2D eigenvalue weighted by molar-refractivity contribution is 5.86. The van der Waals surface area contributed by atoms with Gasteiger partial charge in [-0.3, -0.25) is 14.6 Å². The molecule has 2 aromatic carbocycles. The van der Waals surface area contributed by atoms with Gasteiger partial charge in [-0.15, -0.1) is 0 Å². The van der Waals surface area contributed by atoms with E-state index in [1.54, 1.807) is 9.80 Å². The number of hydrogen-bond donors (Lipinski definition) is 0. The van der Waals surface area contributed by atoms with Gasteiger partial charge < -0.3 is 19.3 Å². The maximum Gasteiger partial charge on any atom is 0.329 e. The quantitative estimate of drug-likeness (QED) is 0.285. The number of nitrogens with zero attached hydrogens (tertiary/aromatic N) is 3. The Labute approximate surface area is 258 Å². The van der Waals surface area contributed by atoms with Crippen LogP contribution in [0.1, 0.15) is 61.0 Å². The van der Waals surface area contributed by atoms with Crippen molar-refractivity contribution in [2.24, 2.45) is 0 Å². The number of hydrogen-bond acceptors (Lipinski definition) is 7. The smallest absolute Gasteiger partial charge is 0.329 e. The van der Waals surface area contributed by atoms with Gasteiger partial charge in [-0.1, -0.05) is 66.7 Å². The van der Waals surface area contributed by atoms with Crippen molar-refractivity contribution >= 4 is 23.8 Å². The van der Waals surface area contributed by atoms with Crippen molar-refractivity contribution in [3.05, 3.63) is 101 Å². The number of ether oxygens (including phenoxy) is 2. The van der Waals surface area contributed by atoms with Crippen molar-refractivity contribution < 1.29 is 28.7 Å². The summed E-state index contributed by atoms with van der Waals surface area (Å²) >= 11 is 0. The molecular formula is C35H39N3O6. The highest BCUT2D eigenvalue weighted by Gasteiger charge is 2.36. The minimum absolute atomic E-state index is 0.0919. The second-order valence-corrected chi connectivity index (χ2v) is 11.3. The molecule has 0 saturated carbocycles. The first-order valence-corrected chi connectivity index (χ1v) is 15.4. The SMILES string of the molecule is O=C(OCc1ccccc1)[C@H]1CCCN1C(=O)CCc1cccc(CCC(=O)N2CCC[C@@H]2C(=O)OCc2ccccc2)n1. The Kier molecular flexibility index (Phi) is 10.7. The third kappa shape index (κ3) is 8.30. The number of pyridine rings is 1. The van der Waals surface area contributed by atoms with Gasteiger partial charge in [0.05, 0.1) is 0 Å². The van der Waals surface area contributed by atoms with Gasteiger partial charge in [-0.2, -0.15) is 0 Å². The number of rotatable bonds is 12. The summed E-state index contributed by atoms with van der Waals surface area (Å²) in [6.07, 6.45) is 4.07. The summed E-state index contributed by atoms with van der Waals surface area (Å²) in [7, 11) is 0. The van der Waals surface area contributed by atoms with Crippen molar-refractivity contribution in [3.8, 4) is 0 Å². The van der Waals surface area contributed by atoms with E-state index in [2.05, 4.69) is 4.98 Å². The van der Waals surface area contributed by atoms with E-state index in [1.165, 1.54) is 0 Å². The molecule has 230 valence electrons. The number of aromatic nitrogens is 1. The van der Waals surface area contributed by atoms with Crippen LogP contribution in [-0.4, -0.2) is 63.7 Å². The number of carbonyl (C=O) groups excluding carboxylic acids is 4. The lowest BCUT2D eigenvalue weighted by atomic mass is 10.1. The Bertz CT molecular complexity index is 1330. The lowest BCUT2D eigenvalue weighted by Crippen LogP contribution is -2.41. The van der Waals surface area contributed by atoms with E-state index in [0.29, 0.717) is 38.8 Å². The number of likely N-dealkylation sites (tertiary alicyclic amines) is 2. The van der Waals surface area contributed by atoms with Crippen LogP contribution in [0, 0.1) is 0 Å². The molecule has 2 aliphatic rings. The fourth-order valence-corrected chi connectivity index (χ4v) is 5.84. The zero-order valence-corrected chi connectivity index (χ0v) is 24.9. The molecule has 0 N–H and O–H groups in total. The van der Waals surface area contributed by atoms with Gasteiger partial charge in [0.25, 0.3) is 0 Å². The van der Waals surface area contributed by atoms with Gasteiger partial charge in [0.2, 0.25) is 11.8 Å². The van der Waals surface area contributed by atoms with Crippen molar-refractivity contribution in [1.29, 1.82) is 0 Å². The molecule has 2 amide bonds. The number of amides is 2. The molecule has 2 fully saturated rings. The molecule has 9 heteroatoms. The fraction of sp³-hybridized carbons (Fsp3) is 0.400. The molecule has 44 heavy (non-hydrogen) atoms. The normalized spacial score (nSPS) is 17.8. The van der Waals surface area contributed by atoms with Gasteiger partial charge in [0.1, 0.15) is 25.3 Å². The van der Waals surface area contributed by atoms with Crippen molar-refractivity contribution in [2.75, 3.05) is 13.1 Å². The van der Waals surface area contributed by atoms with Crippen molar-refractivity contribution in [2.45, 2.75) is 76.7 Å². The average molecular weight is 598 g/mol. The van der Waals surface area contributed by atoms with Crippen LogP contribution in [0.15, 0.2) is 78.9 Å². The Morgan fingerprint density at radius 1 is 0.614 bits per heavy atom. The van der Waals surface area contributed by atoms with Crippen molar-refractivity contribution in [1.82, 2.24) is 14.8 Å². The predicted octanol–water partition coefficient (Wildman–Crippen LogP) is 4.42. The van der Waals surface area contributed by atoms with Crippen LogP contribution >= 0.6 is 0 Å². The van der Waals surface area contributed by atoms with Crippen LogP contribution in [0.3, 0.4) is 0 Å². The zero-order valence-electron chi connectivity index (χ0n) is 24.9. The summed E-state index contributed by atoms with van der Waals surface area (Å²) in [6.45, 7) is 1.45. The summed E-state index contributed by atoms with van der Waals surface area (Å²) in [5.74, 6) is -0.917. The minimum atomic E-state index is -0.554. The summed E-state index contributed by atoms with van der Waals surface area (Å²) in [6, 6.07) is 23.5. The number of carbonyl (C=O) groups is 4. The Hall–Kier alpha value is -4.53. The number of esters is 2. The third-order valence-corrected chi connectivity index (χ3v) is 8.19. The van der Waals surface area contributed by atoms with Gasteiger partial charge in [0, 0.05) is 37.3 Å². The Balaban J connectivity index is 1.07. The minimum Gasteiger partial charge on any atom is -0.459 e. The highest BCUT2D eigenvalue weighted by Crippen LogP contribution is 2.22. The number of benzene rings is 2. The lowest BCUT2D eigenvalue weighted by molar-refractivity contribution is -0.154. The van der Waals surface area contributed by atoms with E-state index >= 15 is 0 Å². The molecule has 1 aromatic heterocycles. The predicted molar refractivity (Wildman–Crippen MR) is 163 cm³/mol. The van der Waals surface area contributed by atoms with Crippen LogP contribution in [0.5, 0.6) is 0 Å². The maximum atomic E-state index is 13.1. The van der Waals surface area contributed by atoms with Crippen LogP contribution in [0.2, 0.25) is 0 Å². The monoisotopic (exact) mass is 597 g/mol. The highest BCUT2D eigenvalue weighted by atomic mass is 16.5. The second kappa shape index (κ2) is 15.3. The van der Waals surface area contributed by atoms with E-state index in [0.717, 1.165) is 35.4 Å². The van der Waals surface area contributed by atoms with Gasteiger partial charge in [-0.25, -0.2) is 9.59 Å². The summed E-state index contributed by atoms with van der Waals surface area (Å²) in [5.41, 5.74) is 3.33. The van der Waals surface area contributed by atoms with E-state index in [9.17, 15) is 19.2 Å². The molecule has 0 bridgehead atoms. The molecule has 0 unspecified atom stereocenters. The molecule has 2 saturated heterocycles. The Morgan fingerprint density at radius 2 is 1.05 bits per heavy atom. The molecule has 3 heterocycles. The van der Waals surface area contributed by atoms with E-state index in [4.69, 9.17) is 9.47 Å². The molecule has 0 aliphatic carbocycles. The molecule has 9 nitrogen and oxygen atoms in total. The number of aryl methyl sites for hydroxylation is 2. The van der Waals surface area contributed by atoms with Crippen LogP contribution in [-0.2, 0) is 54.7 Å². The third-order valence-electron chi connectivity index (χ3n) is 8.19. The van der Waals surface area contributed by atoms with Crippen molar-refractivity contribution in [3.63, 3.8) is 0 Å². The molecular weight excluding hydrogens is 558 g/mol. The first kappa shape index (κ1) is 30.9.